The van der Waals surface area contributed by atoms with Crippen molar-refractivity contribution >= 4 is 48.5 Å². The van der Waals surface area contributed by atoms with Gasteiger partial charge in [-0.3, -0.25) is 14.5 Å². The number of nitrogens with zero attached hydrogens (tertiary/aromatic N) is 3. The number of carbonyl (C=O) groups excluding carboxylic acids is 2. The second kappa shape index (κ2) is 10.9. The minimum atomic E-state index is -5.05. The van der Waals surface area contributed by atoms with Gasteiger partial charge in [0.1, 0.15) is 17.5 Å². The van der Waals surface area contributed by atoms with E-state index in [0.717, 1.165) is 36.9 Å². The molecule has 1 N–H and O–H groups in total. The van der Waals surface area contributed by atoms with E-state index >= 15 is 0 Å². The fraction of sp³-hybridized carbons (Fsp3) is 0.429. The van der Waals surface area contributed by atoms with Crippen molar-refractivity contribution in [2.45, 2.75) is 55.1 Å². The lowest BCUT2D eigenvalue weighted by Crippen LogP contribution is -2.62. The number of nitrogens with one attached hydrogen (secondary N) is 1. The minimum absolute atomic E-state index is 0.0500. The first-order valence-electron chi connectivity index (χ1n) is 10.8. The number of anilines is 1. The molecule has 0 spiro atoms. The third-order valence-corrected chi connectivity index (χ3v) is 6.35. The fourth-order valence-corrected chi connectivity index (χ4v) is 4.32. The molecule has 16 heteroatoms. The Morgan fingerprint density at radius 1 is 1.19 bits per heavy atom. The zero-order valence-corrected chi connectivity index (χ0v) is 20.5. The minimum Gasteiger partial charge on any atom is -0.406 e. The van der Waals surface area contributed by atoms with E-state index in [0.29, 0.717) is 4.90 Å². The molecule has 1 aliphatic rings. The number of ether oxygens (including phenoxy) is 1. The SMILES string of the molecule is B[C@](C(=O)NC1CCC(F)(F)CC1)(c1cncnc1)N(C(=O)[C@H](F)Cl)c1ccc(OC(F)(F)F)cc1Cl. The van der Waals surface area contributed by atoms with Crippen LogP contribution in [0.1, 0.15) is 31.2 Å². The molecule has 0 aliphatic heterocycles. The van der Waals surface area contributed by atoms with Gasteiger partial charge < -0.3 is 10.1 Å². The summed E-state index contributed by atoms with van der Waals surface area (Å²) in [6.45, 7) is 0. The number of alkyl halides is 7. The molecule has 0 radical (unpaired) electrons. The van der Waals surface area contributed by atoms with Gasteiger partial charge in [-0.15, -0.1) is 13.2 Å². The lowest BCUT2D eigenvalue weighted by molar-refractivity contribution is -0.274. The first kappa shape index (κ1) is 28.8. The van der Waals surface area contributed by atoms with Crippen molar-refractivity contribution < 1.29 is 40.7 Å². The third kappa shape index (κ3) is 6.78. The van der Waals surface area contributed by atoms with Gasteiger partial charge in [-0.1, -0.05) is 23.2 Å². The zero-order chi connectivity index (χ0) is 27.6. The van der Waals surface area contributed by atoms with Crippen molar-refractivity contribution in [2.75, 3.05) is 4.90 Å². The molecule has 1 aliphatic carbocycles. The predicted molar refractivity (Wildman–Crippen MR) is 124 cm³/mol. The van der Waals surface area contributed by atoms with Crippen molar-refractivity contribution in [3.8, 4) is 5.75 Å². The van der Waals surface area contributed by atoms with Crippen LogP contribution >= 0.6 is 23.2 Å². The predicted octanol–water partition coefficient (Wildman–Crippen LogP) is 4.08. The van der Waals surface area contributed by atoms with Crippen LogP contribution in [0, 0.1) is 0 Å². The van der Waals surface area contributed by atoms with E-state index in [-0.39, 0.29) is 24.1 Å². The van der Waals surface area contributed by atoms with E-state index in [1.54, 1.807) is 0 Å². The molecular formula is C21H19BCl2F6N4O3. The molecule has 0 bridgehead atoms. The van der Waals surface area contributed by atoms with Gasteiger partial charge in [0.25, 0.3) is 11.5 Å². The second-order valence-electron chi connectivity index (χ2n) is 8.44. The summed E-state index contributed by atoms with van der Waals surface area (Å²) in [5, 5.41) is 2.08. The number of aromatic nitrogens is 2. The van der Waals surface area contributed by atoms with Crippen molar-refractivity contribution in [1.82, 2.24) is 15.3 Å². The Morgan fingerprint density at radius 2 is 1.78 bits per heavy atom. The smallest absolute Gasteiger partial charge is 0.406 e. The van der Waals surface area contributed by atoms with Crippen molar-refractivity contribution in [1.29, 1.82) is 0 Å². The Balaban J connectivity index is 2.10. The van der Waals surface area contributed by atoms with Crippen LogP contribution in [0.15, 0.2) is 36.9 Å². The molecule has 200 valence electrons. The molecule has 37 heavy (non-hydrogen) atoms. The normalized spacial score (nSPS) is 18.4. The van der Waals surface area contributed by atoms with Gasteiger partial charge >= 0.3 is 6.36 Å². The second-order valence-corrected chi connectivity index (χ2v) is 9.23. The number of rotatable bonds is 7. The van der Waals surface area contributed by atoms with E-state index < -0.39 is 64.8 Å². The largest absolute Gasteiger partial charge is 0.573 e. The average molecular weight is 571 g/mol. The van der Waals surface area contributed by atoms with Gasteiger partial charge in [-0.05, 0) is 25.0 Å². The zero-order valence-electron chi connectivity index (χ0n) is 19.0. The standard InChI is InChI=1S/C21H19BCl2F6N4O3/c22-20(11-8-31-10-32-9-11,18(36)33-12-3-5-19(26,27)6-4-12)34(17(35)16(24)25)15-2-1-13(7-14(15)23)37-21(28,29)30/h1-2,7-10,12,16H,3-6,22H2,(H,33,36)/t16-,20+/m0/s1. The first-order valence-corrected chi connectivity index (χ1v) is 11.6. The maximum absolute atomic E-state index is 14.2. The van der Waals surface area contributed by atoms with Gasteiger partial charge in [0.05, 0.1) is 10.7 Å². The topological polar surface area (TPSA) is 84.4 Å². The summed E-state index contributed by atoms with van der Waals surface area (Å²) < 4.78 is 83.2. The van der Waals surface area contributed by atoms with Crippen LogP contribution in [-0.2, 0) is 15.0 Å². The molecule has 7 nitrogen and oxygen atoms in total. The number of hydrogen-bond donors (Lipinski definition) is 1. The van der Waals surface area contributed by atoms with Gasteiger partial charge in [-0.2, -0.15) is 0 Å². The maximum atomic E-state index is 14.2. The van der Waals surface area contributed by atoms with Crippen molar-refractivity contribution in [2.24, 2.45) is 0 Å². The molecule has 1 heterocycles. The van der Waals surface area contributed by atoms with Crippen LogP contribution in [0.2, 0.25) is 5.02 Å². The highest BCUT2D eigenvalue weighted by Crippen LogP contribution is 2.40. The highest BCUT2D eigenvalue weighted by Gasteiger charge is 2.48. The van der Waals surface area contributed by atoms with Gasteiger partial charge in [0, 0.05) is 42.9 Å². The Bertz CT molecular complexity index is 1140. The molecule has 1 saturated carbocycles. The summed E-state index contributed by atoms with van der Waals surface area (Å²) in [6, 6.07) is 1.73. The average Bonchev–Trinajstić information content (AvgIpc) is 2.81. The third-order valence-electron chi connectivity index (χ3n) is 5.87. The molecule has 3 rings (SSSR count). The van der Waals surface area contributed by atoms with Gasteiger partial charge in [0.2, 0.25) is 11.8 Å². The van der Waals surface area contributed by atoms with E-state index in [2.05, 4.69) is 20.0 Å². The van der Waals surface area contributed by atoms with E-state index in [1.807, 2.05) is 0 Å². The number of halogens is 8. The molecule has 1 aromatic carbocycles. The molecular weight excluding hydrogens is 552 g/mol. The van der Waals surface area contributed by atoms with E-state index in [1.165, 1.54) is 7.85 Å². The lowest BCUT2D eigenvalue weighted by Gasteiger charge is -2.42. The molecule has 2 atom stereocenters. The number of amides is 2. The van der Waals surface area contributed by atoms with Crippen LogP contribution in [0.3, 0.4) is 0 Å². The summed E-state index contributed by atoms with van der Waals surface area (Å²) in [6.07, 6.45) is -2.73. The van der Waals surface area contributed by atoms with Crippen LogP contribution in [0.4, 0.5) is 32.0 Å². The Morgan fingerprint density at radius 3 is 2.30 bits per heavy atom. The maximum Gasteiger partial charge on any atom is 0.573 e. The molecule has 0 unspecified atom stereocenters. The summed E-state index contributed by atoms with van der Waals surface area (Å²) in [4.78, 5) is 34.9. The molecule has 2 amide bonds. The van der Waals surface area contributed by atoms with Gasteiger partial charge in [0.15, 0.2) is 7.85 Å². The highest BCUT2D eigenvalue weighted by molar-refractivity contribution is 6.40. The Labute approximate surface area is 217 Å². The molecule has 0 saturated heterocycles. The lowest BCUT2D eigenvalue weighted by atomic mass is 9.69. The highest BCUT2D eigenvalue weighted by atomic mass is 35.5. The van der Waals surface area contributed by atoms with E-state index in [9.17, 15) is 35.9 Å². The van der Waals surface area contributed by atoms with Crippen molar-refractivity contribution in [3.63, 3.8) is 0 Å². The quantitative estimate of drug-likeness (QED) is 0.308. The summed E-state index contributed by atoms with van der Waals surface area (Å²) in [5.41, 5.74) is -5.31. The van der Waals surface area contributed by atoms with Crippen molar-refractivity contribution in [3.05, 3.63) is 47.5 Å². The Hall–Kier alpha value is -2.74. The van der Waals surface area contributed by atoms with Crippen LogP contribution in [0.25, 0.3) is 0 Å². The first-order chi connectivity index (χ1) is 17.1. The summed E-state index contributed by atoms with van der Waals surface area (Å²) in [7, 11) is 1.19. The number of carbonyl (C=O) groups is 2. The van der Waals surface area contributed by atoms with Crippen LogP contribution in [0.5, 0.6) is 5.75 Å². The number of hydrogen-bond acceptors (Lipinski definition) is 5. The fourth-order valence-electron chi connectivity index (χ4n) is 3.97. The van der Waals surface area contributed by atoms with E-state index in [4.69, 9.17) is 23.2 Å². The molecule has 2 aromatic rings. The summed E-state index contributed by atoms with van der Waals surface area (Å²) >= 11 is 11.6. The van der Waals surface area contributed by atoms with Gasteiger partial charge in [-0.25, -0.2) is 23.1 Å². The van der Waals surface area contributed by atoms with Crippen LogP contribution < -0.4 is 15.0 Å². The monoisotopic (exact) mass is 570 g/mol. The molecule has 1 aromatic heterocycles. The summed E-state index contributed by atoms with van der Waals surface area (Å²) in [5.74, 6) is -6.04. The van der Waals surface area contributed by atoms with Crippen LogP contribution in [-0.4, -0.2) is 53.6 Å². The number of benzene rings is 1. The molecule has 1 fully saturated rings. The Kier molecular flexibility index (Phi) is 8.52.